The highest BCUT2D eigenvalue weighted by atomic mass is 79.9. The van der Waals surface area contributed by atoms with E-state index in [4.69, 9.17) is 12.2 Å². The SMILES string of the molecule is O=C(CCN1C(=S)N[C@@H](c2ccccn2)[C@H]1c1cc(Br)cs1)Nc1ccc(F)cc1. The summed E-state index contributed by atoms with van der Waals surface area (Å²) in [5.41, 5.74) is 1.46. The van der Waals surface area contributed by atoms with Crippen LogP contribution < -0.4 is 10.6 Å². The van der Waals surface area contributed by atoms with Gasteiger partial charge in [0.25, 0.3) is 0 Å². The second-order valence-electron chi connectivity index (χ2n) is 6.79. The van der Waals surface area contributed by atoms with E-state index in [0.717, 1.165) is 15.0 Å². The minimum absolute atomic E-state index is 0.0673. The second kappa shape index (κ2) is 9.20. The molecule has 0 unspecified atom stereocenters. The summed E-state index contributed by atoms with van der Waals surface area (Å²) >= 11 is 10.8. The quantitative estimate of drug-likeness (QED) is 0.460. The number of carbonyl (C=O) groups excluding carboxylic acids is 1. The third-order valence-electron chi connectivity index (χ3n) is 4.78. The predicted octanol–water partition coefficient (Wildman–Crippen LogP) is 5.05. The summed E-state index contributed by atoms with van der Waals surface area (Å²) in [5, 5.41) is 8.79. The summed E-state index contributed by atoms with van der Waals surface area (Å²) in [6.45, 7) is 0.447. The molecule has 1 aliphatic rings. The van der Waals surface area contributed by atoms with Gasteiger partial charge in [-0.1, -0.05) is 6.07 Å². The highest BCUT2D eigenvalue weighted by Crippen LogP contribution is 2.41. The maximum absolute atomic E-state index is 13.1. The first-order valence-corrected chi connectivity index (χ1v) is 11.4. The highest BCUT2D eigenvalue weighted by Gasteiger charge is 2.40. The summed E-state index contributed by atoms with van der Waals surface area (Å²) in [5.74, 6) is -0.496. The monoisotopic (exact) mass is 504 g/mol. The van der Waals surface area contributed by atoms with Crippen molar-refractivity contribution in [3.05, 3.63) is 81.0 Å². The lowest BCUT2D eigenvalue weighted by atomic mass is 10.0. The van der Waals surface area contributed by atoms with Crippen LogP contribution in [-0.4, -0.2) is 27.4 Å². The molecule has 1 aliphatic heterocycles. The maximum atomic E-state index is 13.1. The fourth-order valence-corrected chi connectivity index (χ4v) is 5.34. The molecule has 1 saturated heterocycles. The molecule has 30 heavy (non-hydrogen) atoms. The van der Waals surface area contributed by atoms with E-state index in [1.165, 1.54) is 12.1 Å². The number of nitrogens with zero attached hydrogens (tertiary/aromatic N) is 2. The summed E-state index contributed by atoms with van der Waals surface area (Å²) in [6, 6.07) is 13.4. The van der Waals surface area contributed by atoms with Crippen LogP contribution in [0.2, 0.25) is 0 Å². The number of pyridine rings is 1. The Kier molecular flexibility index (Phi) is 6.40. The number of amides is 1. The standard InChI is InChI=1S/C21H18BrFN4OS2/c22-13-11-17(30-12-13)20-19(16-3-1-2-9-24-16)26-21(29)27(20)10-8-18(28)25-15-6-4-14(23)5-7-15/h1-7,9,11-12,19-20H,8,10H2,(H,25,28)(H,26,29)/t19-,20+/m0/s1. The lowest BCUT2D eigenvalue weighted by Crippen LogP contribution is -2.32. The lowest BCUT2D eigenvalue weighted by Gasteiger charge is -2.26. The molecular weight excluding hydrogens is 487 g/mol. The molecule has 2 N–H and O–H groups in total. The number of halogens is 2. The molecule has 3 heterocycles. The Morgan fingerprint density at radius 1 is 1.30 bits per heavy atom. The molecule has 0 saturated carbocycles. The van der Waals surface area contributed by atoms with Crippen molar-refractivity contribution >= 4 is 56.2 Å². The molecular formula is C21H18BrFN4OS2. The molecule has 0 spiro atoms. The molecule has 0 bridgehead atoms. The molecule has 2 aromatic heterocycles. The molecule has 2 atom stereocenters. The van der Waals surface area contributed by atoms with Crippen molar-refractivity contribution in [1.82, 2.24) is 15.2 Å². The molecule has 154 valence electrons. The van der Waals surface area contributed by atoms with Gasteiger partial charge in [0.05, 0.1) is 17.8 Å². The average molecular weight is 505 g/mol. The Balaban J connectivity index is 1.51. The van der Waals surface area contributed by atoms with Crippen LogP contribution in [0.4, 0.5) is 10.1 Å². The molecule has 0 aliphatic carbocycles. The first kappa shape index (κ1) is 20.9. The molecule has 1 fully saturated rings. The van der Waals surface area contributed by atoms with Crippen LogP contribution in [-0.2, 0) is 4.79 Å². The molecule has 9 heteroatoms. The van der Waals surface area contributed by atoms with Gasteiger partial charge in [0, 0.05) is 39.6 Å². The number of anilines is 1. The first-order chi connectivity index (χ1) is 14.5. The van der Waals surface area contributed by atoms with E-state index >= 15 is 0 Å². The van der Waals surface area contributed by atoms with Crippen molar-refractivity contribution in [3.63, 3.8) is 0 Å². The largest absolute Gasteiger partial charge is 0.352 e. The lowest BCUT2D eigenvalue weighted by molar-refractivity contribution is -0.116. The summed E-state index contributed by atoms with van der Waals surface area (Å²) < 4.78 is 14.1. The van der Waals surface area contributed by atoms with Crippen LogP contribution >= 0.6 is 39.5 Å². The number of hydrogen-bond acceptors (Lipinski definition) is 4. The second-order valence-corrected chi connectivity index (χ2v) is 9.04. The van der Waals surface area contributed by atoms with Crippen LogP contribution in [0, 0.1) is 5.82 Å². The molecule has 1 amide bonds. The number of hydrogen-bond donors (Lipinski definition) is 2. The van der Waals surface area contributed by atoms with Gasteiger partial charge >= 0.3 is 0 Å². The van der Waals surface area contributed by atoms with Gasteiger partial charge in [-0.15, -0.1) is 11.3 Å². The van der Waals surface area contributed by atoms with E-state index in [0.29, 0.717) is 17.3 Å². The van der Waals surface area contributed by atoms with Gasteiger partial charge in [-0.25, -0.2) is 4.39 Å². The first-order valence-electron chi connectivity index (χ1n) is 9.28. The molecule has 4 rings (SSSR count). The number of aromatic nitrogens is 1. The number of thiophene rings is 1. The zero-order chi connectivity index (χ0) is 21.1. The van der Waals surface area contributed by atoms with Gasteiger partial charge < -0.3 is 15.5 Å². The van der Waals surface area contributed by atoms with E-state index in [-0.39, 0.29) is 30.2 Å². The number of benzene rings is 1. The van der Waals surface area contributed by atoms with Gasteiger partial charge in [-0.05, 0) is 70.6 Å². The topological polar surface area (TPSA) is 57.3 Å². The minimum atomic E-state index is -0.341. The highest BCUT2D eigenvalue weighted by molar-refractivity contribution is 9.10. The van der Waals surface area contributed by atoms with Crippen LogP contribution in [0.5, 0.6) is 0 Å². The van der Waals surface area contributed by atoms with Crippen LogP contribution in [0.1, 0.15) is 29.1 Å². The fraction of sp³-hybridized carbons (Fsp3) is 0.190. The van der Waals surface area contributed by atoms with Gasteiger partial charge in [0.2, 0.25) is 5.91 Å². The minimum Gasteiger partial charge on any atom is -0.352 e. The van der Waals surface area contributed by atoms with Crippen LogP contribution in [0.25, 0.3) is 0 Å². The van der Waals surface area contributed by atoms with E-state index in [1.54, 1.807) is 29.7 Å². The Bertz CT molecular complexity index is 1040. The fourth-order valence-electron chi connectivity index (χ4n) is 3.42. The predicted molar refractivity (Wildman–Crippen MR) is 124 cm³/mol. The van der Waals surface area contributed by atoms with Gasteiger partial charge in [0.15, 0.2) is 5.11 Å². The Morgan fingerprint density at radius 2 is 2.10 bits per heavy atom. The van der Waals surface area contributed by atoms with Gasteiger partial charge in [-0.3, -0.25) is 9.78 Å². The van der Waals surface area contributed by atoms with Crippen molar-refractivity contribution < 1.29 is 9.18 Å². The summed E-state index contributed by atoms with van der Waals surface area (Å²) in [7, 11) is 0. The van der Waals surface area contributed by atoms with Crippen molar-refractivity contribution in [3.8, 4) is 0 Å². The zero-order valence-electron chi connectivity index (χ0n) is 15.7. The van der Waals surface area contributed by atoms with Crippen LogP contribution in [0.3, 0.4) is 0 Å². The van der Waals surface area contributed by atoms with Gasteiger partial charge in [0.1, 0.15) is 5.82 Å². The smallest absolute Gasteiger partial charge is 0.226 e. The Labute approximate surface area is 191 Å². The Morgan fingerprint density at radius 3 is 2.77 bits per heavy atom. The van der Waals surface area contributed by atoms with Gasteiger partial charge in [-0.2, -0.15) is 0 Å². The third-order valence-corrected chi connectivity index (χ3v) is 6.90. The van der Waals surface area contributed by atoms with Crippen molar-refractivity contribution in [2.24, 2.45) is 0 Å². The normalized spacial score (nSPS) is 18.3. The third kappa shape index (κ3) is 4.69. The average Bonchev–Trinajstić information content (AvgIpc) is 3.31. The number of rotatable bonds is 6. The number of carbonyl (C=O) groups is 1. The Hall–Kier alpha value is -2.36. The van der Waals surface area contributed by atoms with Crippen molar-refractivity contribution in [2.75, 3.05) is 11.9 Å². The van der Waals surface area contributed by atoms with Crippen LogP contribution in [0.15, 0.2) is 64.6 Å². The molecule has 3 aromatic rings. The summed E-state index contributed by atoms with van der Waals surface area (Å²) in [4.78, 5) is 20.1. The van der Waals surface area contributed by atoms with E-state index in [9.17, 15) is 9.18 Å². The molecule has 1 aromatic carbocycles. The van der Waals surface area contributed by atoms with E-state index in [2.05, 4.69) is 37.6 Å². The summed E-state index contributed by atoms with van der Waals surface area (Å²) in [6.07, 6.45) is 2.01. The zero-order valence-corrected chi connectivity index (χ0v) is 18.9. The van der Waals surface area contributed by atoms with Crippen molar-refractivity contribution in [2.45, 2.75) is 18.5 Å². The van der Waals surface area contributed by atoms with E-state index < -0.39 is 0 Å². The van der Waals surface area contributed by atoms with E-state index in [1.807, 2.05) is 28.5 Å². The number of thiocarbonyl (C=S) groups is 1. The number of nitrogens with one attached hydrogen (secondary N) is 2. The molecule has 0 radical (unpaired) electrons. The van der Waals surface area contributed by atoms with Crippen molar-refractivity contribution in [1.29, 1.82) is 0 Å². The molecule has 5 nitrogen and oxygen atoms in total. The maximum Gasteiger partial charge on any atom is 0.226 e.